The van der Waals surface area contributed by atoms with Gasteiger partial charge in [-0.2, -0.15) is 0 Å². The Balaban J connectivity index is 2.32. The van der Waals surface area contributed by atoms with Crippen LogP contribution in [0.1, 0.15) is 53.4 Å². The summed E-state index contributed by atoms with van der Waals surface area (Å²) in [7, 11) is 0. The molecule has 2 aliphatic carbocycles. The van der Waals surface area contributed by atoms with Gasteiger partial charge in [0.2, 0.25) is 0 Å². The topological polar surface area (TPSA) is 37.3 Å². The standard InChI is InChI=1S/C15H24O2/c1-9(2)13-8-15(4)10(3)5-12(16)6-11(15)7-14(13)17/h10-12,16H,5-8H2,1-4H3/t10-,11+,12+,15+/m0/s1. The van der Waals surface area contributed by atoms with E-state index >= 15 is 0 Å². The lowest BCUT2D eigenvalue weighted by Crippen LogP contribution is -2.47. The van der Waals surface area contributed by atoms with Crippen LogP contribution in [0, 0.1) is 17.3 Å². The predicted octanol–water partition coefficient (Wildman–Crippen LogP) is 3.10. The second-order valence-corrected chi connectivity index (χ2v) is 6.51. The maximum Gasteiger partial charge on any atom is 0.159 e. The average molecular weight is 236 g/mol. The van der Waals surface area contributed by atoms with Gasteiger partial charge >= 0.3 is 0 Å². The maximum absolute atomic E-state index is 12.1. The van der Waals surface area contributed by atoms with Crippen LogP contribution < -0.4 is 0 Å². The Kier molecular flexibility index (Phi) is 3.19. The number of carbonyl (C=O) groups is 1. The van der Waals surface area contributed by atoms with Gasteiger partial charge in [-0.15, -0.1) is 0 Å². The zero-order chi connectivity index (χ0) is 12.8. The molecule has 0 aromatic carbocycles. The first-order chi connectivity index (χ1) is 7.84. The smallest absolute Gasteiger partial charge is 0.159 e. The number of hydrogen-bond acceptors (Lipinski definition) is 2. The summed E-state index contributed by atoms with van der Waals surface area (Å²) in [5, 5.41) is 9.87. The number of hydrogen-bond donors (Lipinski definition) is 1. The summed E-state index contributed by atoms with van der Waals surface area (Å²) in [5.41, 5.74) is 2.43. The first-order valence-corrected chi connectivity index (χ1v) is 6.72. The molecule has 17 heavy (non-hydrogen) atoms. The molecule has 0 aromatic rings. The third-order valence-corrected chi connectivity index (χ3v) is 5.17. The van der Waals surface area contributed by atoms with Crippen molar-refractivity contribution in [3.8, 4) is 0 Å². The molecule has 2 saturated carbocycles. The van der Waals surface area contributed by atoms with Crippen LogP contribution in [0.25, 0.3) is 0 Å². The fourth-order valence-electron chi connectivity index (χ4n) is 3.69. The monoisotopic (exact) mass is 236 g/mol. The minimum absolute atomic E-state index is 0.205. The molecule has 0 radical (unpaired) electrons. The van der Waals surface area contributed by atoms with Crippen molar-refractivity contribution >= 4 is 5.78 Å². The van der Waals surface area contributed by atoms with Crippen molar-refractivity contribution in [3.05, 3.63) is 11.1 Å². The number of ketones is 1. The van der Waals surface area contributed by atoms with Crippen molar-refractivity contribution in [1.82, 2.24) is 0 Å². The van der Waals surface area contributed by atoms with Crippen molar-refractivity contribution in [3.63, 3.8) is 0 Å². The predicted molar refractivity (Wildman–Crippen MR) is 68.6 cm³/mol. The molecule has 96 valence electrons. The van der Waals surface area contributed by atoms with E-state index in [0.717, 1.165) is 24.8 Å². The van der Waals surface area contributed by atoms with Crippen molar-refractivity contribution < 1.29 is 9.90 Å². The van der Waals surface area contributed by atoms with Crippen LogP contribution >= 0.6 is 0 Å². The molecular formula is C15H24O2. The Bertz CT molecular complexity index is 365. The van der Waals surface area contributed by atoms with Crippen LogP contribution in [0.2, 0.25) is 0 Å². The molecule has 0 unspecified atom stereocenters. The highest BCUT2D eigenvalue weighted by molar-refractivity contribution is 5.97. The van der Waals surface area contributed by atoms with Gasteiger partial charge in [0.25, 0.3) is 0 Å². The molecule has 2 aliphatic rings. The number of allylic oxidation sites excluding steroid dienone is 2. The average Bonchev–Trinajstić information content (AvgIpc) is 2.20. The van der Waals surface area contributed by atoms with Crippen LogP contribution in [0.15, 0.2) is 11.1 Å². The molecule has 0 heterocycles. The normalized spacial score (nSPS) is 42.3. The molecule has 2 nitrogen and oxygen atoms in total. The van der Waals surface area contributed by atoms with Gasteiger partial charge in [0.15, 0.2) is 5.78 Å². The Morgan fingerprint density at radius 2 is 2.00 bits per heavy atom. The Hall–Kier alpha value is -0.630. The van der Waals surface area contributed by atoms with E-state index in [2.05, 4.69) is 13.8 Å². The van der Waals surface area contributed by atoms with Crippen molar-refractivity contribution in [2.75, 3.05) is 0 Å². The van der Waals surface area contributed by atoms with Gasteiger partial charge in [0.1, 0.15) is 0 Å². The molecule has 0 amide bonds. The second kappa shape index (κ2) is 4.24. The molecule has 2 rings (SSSR count). The fourth-order valence-corrected chi connectivity index (χ4v) is 3.69. The number of rotatable bonds is 0. The van der Waals surface area contributed by atoms with E-state index in [9.17, 15) is 9.90 Å². The fraction of sp³-hybridized carbons (Fsp3) is 0.800. The highest BCUT2D eigenvalue weighted by atomic mass is 16.3. The lowest BCUT2D eigenvalue weighted by Gasteiger charge is -2.51. The first-order valence-electron chi connectivity index (χ1n) is 6.72. The van der Waals surface area contributed by atoms with E-state index in [-0.39, 0.29) is 11.5 Å². The lowest BCUT2D eigenvalue weighted by molar-refractivity contribution is -0.124. The number of aliphatic hydroxyl groups is 1. The summed E-state index contributed by atoms with van der Waals surface area (Å²) in [6.07, 6.45) is 3.04. The Labute approximate surface area is 104 Å². The zero-order valence-electron chi connectivity index (χ0n) is 11.4. The van der Waals surface area contributed by atoms with E-state index in [1.54, 1.807) is 0 Å². The van der Waals surface area contributed by atoms with E-state index < -0.39 is 0 Å². The van der Waals surface area contributed by atoms with Crippen LogP contribution in [0.5, 0.6) is 0 Å². The van der Waals surface area contributed by atoms with Gasteiger partial charge in [-0.1, -0.05) is 19.4 Å². The molecule has 0 saturated heterocycles. The van der Waals surface area contributed by atoms with Crippen molar-refractivity contribution in [1.29, 1.82) is 0 Å². The highest BCUT2D eigenvalue weighted by Gasteiger charge is 2.49. The molecule has 1 N–H and O–H groups in total. The number of aliphatic hydroxyl groups excluding tert-OH is 1. The third kappa shape index (κ3) is 2.08. The SMILES string of the molecule is CC(C)=C1C[C@@]2(C)[C@@H](CC1=O)C[C@H](O)C[C@@H]2C. The highest BCUT2D eigenvalue weighted by Crippen LogP contribution is 2.53. The van der Waals surface area contributed by atoms with Crippen LogP contribution in [-0.2, 0) is 4.79 Å². The number of fused-ring (bicyclic) bond motifs is 1. The molecule has 4 atom stereocenters. The molecule has 0 aliphatic heterocycles. The van der Waals surface area contributed by atoms with Crippen molar-refractivity contribution in [2.24, 2.45) is 17.3 Å². The van der Waals surface area contributed by atoms with Crippen LogP contribution in [-0.4, -0.2) is 17.0 Å². The molecule has 0 bridgehead atoms. The number of Topliss-reactive ketones (excluding diaryl/α,β-unsaturated/α-hetero) is 1. The molecule has 0 spiro atoms. The summed E-state index contributed by atoms with van der Waals surface area (Å²) in [6.45, 7) is 8.62. The van der Waals surface area contributed by atoms with Gasteiger partial charge in [-0.05, 0) is 55.9 Å². The summed E-state index contributed by atoms with van der Waals surface area (Å²) < 4.78 is 0. The van der Waals surface area contributed by atoms with Gasteiger partial charge < -0.3 is 5.11 Å². The largest absolute Gasteiger partial charge is 0.393 e. The molecule has 2 fully saturated rings. The van der Waals surface area contributed by atoms with Crippen LogP contribution in [0.4, 0.5) is 0 Å². The van der Waals surface area contributed by atoms with E-state index in [1.165, 1.54) is 5.57 Å². The third-order valence-electron chi connectivity index (χ3n) is 5.17. The minimum atomic E-state index is -0.205. The van der Waals surface area contributed by atoms with Crippen LogP contribution in [0.3, 0.4) is 0 Å². The van der Waals surface area contributed by atoms with E-state index in [0.29, 0.717) is 24.0 Å². The maximum atomic E-state index is 12.1. The Morgan fingerprint density at radius 1 is 1.35 bits per heavy atom. The summed E-state index contributed by atoms with van der Waals surface area (Å²) in [6, 6.07) is 0. The summed E-state index contributed by atoms with van der Waals surface area (Å²) in [5.74, 6) is 1.18. The summed E-state index contributed by atoms with van der Waals surface area (Å²) >= 11 is 0. The Morgan fingerprint density at radius 3 is 2.59 bits per heavy atom. The zero-order valence-corrected chi connectivity index (χ0v) is 11.4. The van der Waals surface area contributed by atoms with E-state index in [4.69, 9.17) is 0 Å². The molecule has 2 heteroatoms. The quantitative estimate of drug-likeness (QED) is 0.656. The van der Waals surface area contributed by atoms with Gasteiger partial charge in [0.05, 0.1) is 6.10 Å². The van der Waals surface area contributed by atoms with Gasteiger partial charge in [0, 0.05) is 6.42 Å². The van der Waals surface area contributed by atoms with Gasteiger partial charge in [-0.25, -0.2) is 0 Å². The van der Waals surface area contributed by atoms with Crippen molar-refractivity contribution in [2.45, 2.75) is 59.5 Å². The van der Waals surface area contributed by atoms with E-state index in [1.807, 2.05) is 13.8 Å². The first kappa shape index (κ1) is 12.8. The second-order valence-electron chi connectivity index (χ2n) is 6.51. The summed E-state index contributed by atoms with van der Waals surface area (Å²) in [4.78, 5) is 12.1. The number of carbonyl (C=O) groups excluding carboxylic acids is 1. The lowest BCUT2D eigenvalue weighted by atomic mass is 9.54. The van der Waals surface area contributed by atoms with Gasteiger partial charge in [-0.3, -0.25) is 4.79 Å². The molecular weight excluding hydrogens is 212 g/mol. The minimum Gasteiger partial charge on any atom is -0.393 e. The molecule has 0 aromatic heterocycles.